The number of hydrogen-bond acceptors (Lipinski definition) is 2. The Labute approximate surface area is 252 Å². The highest BCUT2D eigenvalue weighted by Gasteiger charge is 2.18. The van der Waals surface area contributed by atoms with Crippen LogP contribution in [0.5, 0.6) is 0 Å². The molecule has 0 atom stereocenters. The molecule has 8 aromatic rings. The van der Waals surface area contributed by atoms with Gasteiger partial charge in [0.1, 0.15) is 0 Å². The van der Waals surface area contributed by atoms with Crippen molar-refractivity contribution in [3.8, 4) is 33.9 Å². The summed E-state index contributed by atoms with van der Waals surface area (Å²) in [5.41, 5.74) is 8.10. The molecule has 0 saturated carbocycles. The number of benzene rings is 6. The molecule has 2 heterocycles. The highest BCUT2D eigenvalue weighted by Crippen LogP contribution is 2.28. The third-order valence-corrected chi connectivity index (χ3v) is 8.06. The topological polar surface area (TPSA) is 53.9 Å². The van der Waals surface area contributed by atoms with Gasteiger partial charge in [0.25, 0.3) is 0 Å². The fourth-order valence-electron chi connectivity index (χ4n) is 6.10. The van der Waals surface area contributed by atoms with Gasteiger partial charge in [0.05, 0.1) is 44.8 Å². The molecule has 0 radical (unpaired) electrons. The van der Waals surface area contributed by atoms with Crippen LogP contribution in [0.2, 0.25) is 0 Å². The lowest BCUT2D eigenvalue weighted by atomic mass is 10.0. The monoisotopic (exact) mass is 570 g/mol. The third-order valence-electron chi connectivity index (χ3n) is 8.06. The van der Waals surface area contributed by atoms with E-state index in [0.29, 0.717) is 0 Å². The zero-order chi connectivity index (χ0) is 29.6. The van der Waals surface area contributed by atoms with Gasteiger partial charge in [-0.1, -0.05) is 84.9 Å². The predicted octanol–water partition coefficient (Wildman–Crippen LogP) is 7.54. The first kappa shape index (κ1) is 25.6. The lowest BCUT2D eigenvalue weighted by Crippen LogP contribution is -2.22. The molecule has 0 aliphatic rings. The molecule has 0 aliphatic heterocycles. The summed E-state index contributed by atoms with van der Waals surface area (Å²) < 4.78 is 7.01. The quantitative estimate of drug-likeness (QED) is 0.215. The van der Waals surface area contributed by atoms with Gasteiger partial charge in [-0.2, -0.15) is 0 Å². The molecule has 6 heteroatoms. The summed E-state index contributed by atoms with van der Waals surface area (Å²) in [7, 11) is 0. The second kappa shape index (κ2) is 10.3. The van der Waals surface area contributed by atoms with E-state index in [0.717, 1.165) is 55.9 Å². The van der Waals surface area contributed by atoms with Crippen LogP contribution in [0.25, 0.3) is 55.9 Å². The zero-order valence-corrected chi connectivity index (χ0v) is 23.6. The Kier molecular flexibility index (Phi) is 5.98. The standard InChI is InChI=1S/C38H26N4O2/c43-37-39(29-15-3-1-4-16-29)33-21-7-9-23-35(33)41(37)31-19-11-13-27(25-31)28-14-12-20-32(26-28)42-36-24-10-8-22-34(36)40(38(42)44)30-17-5-2-6-18-30/h1-26H. The summed E-state index contributed by atoms with van der Waals surface area (Å²) in [5, 5.41) is 0. The molecule has 0 saturated heterocycles. The molecule has 0 bridgehead atoms. The van der Waals surface area contributed by atoms with Crippen molar-refractivity contribution in [1.29, 1.82) is 0 Å². The summed E-state index contributed by atoms with van der Waals surface area (Å²) >= 11 is 0. The zero-order valence-electron chi connectivity index (χ0n) is 23.6. The first-order valence-electron chi connectivity index (χ1n) is 14.5. The molecule has 0 N–H and O–H groups in total. The van der Waals surface area contributed by atoms with Crippen molar-refractivity contribution in [3.63, 3.8) is 0 Å². The fourth-order valence-corrected chi connectivity index (χ4v) is 6.10. The van der Waals surface area contributed by atoms with Gasteiger partial charge in [-0.15, -0.1) is 0 Å². The Morgan fingerprint density at radius 2 is 0.591 bits per heavy atom. The van der Waals surface area contributed by atoms with Crippen LogP contribution in [-0.4, -0.2) is 18.3 Å². The molecular formula is C38H26N4O2. The Morgan fingerprint density at radius 1 is 0.295 bits per heavy atom. The van der Waals surface area contributed by atoms with Crippen LogP contribution >= 0.6 is 0 Å². The minimum absolute atomic E-state index is 0.136. The summed E-state index contributed by atoms with van der Waals surface area (Å²) in [6.45, 7) is 0. The van der Waals surface area contributed by atoms with E-state index in [4.69, 9.17) is 0 Å². The molecule has 44 heavy (non-hydrogen) atoms. The van der Waals surface area contributed by atoms with Gasteiger partial charge in [-0.25, -0.2) is 9.59 Å². The number of rotatable bonds is 5. The minimum Gasteiger partial charge on any atom is -0.260 e. The van der Waals surface area contributed by atoms with Gasteiger partial charge >= 0.3 is 11.4 Å². The van der Waals surface area contributed by atoms with E-state index in [1.807, 2.05) is 158 Å². The average molecular weight is 571 g/mol. The van der Waals surface area contributed by atoms with Crippen LogP contribution in [0.3, 0.4) is 0 Å². The van der Waals surface area contributed by atoms with E-state index in [1.54, 1.807) is 18.3 Å². The largest absolute Gasteiger partial charge is 0.338 e. The Hall–Kier alpha value is -6.14. The van der Waals surface area contributed by atoms with Crippen molar-refractivity contribution >= 4 is 22.1 Å². The smallest absolute Gasteiger partial charge is 0.260 e. The van der Waals surface area contributed by atoms with Crippen molar-refractivity contribution in [2.75, 3.05) is 0 Å². The average Bonchev–Trinajstić information content (AvgIpc) is 3.55. The van der Waals surface area contributed by atoms with Crippen LogP contribution in [0.1, 0.15) is 0 Å². The first-order chi connectivity index (χ1) is 21.7. The maximum absolute atomic E-state index is 13.9. The van der Waals surface area contributed by atoms with Crippen molar-refractivity contribution in [3.05, 3.63) is 179 Å². The van der Waals surface area contributed by atoms with Gasteiger partial charge in [-0.05, 0) is 83.9 Å². The highest BCUT2D eigenvalue weighted by atomic mass is 16.2. The van der Waals surface area contributed by atoms with Crippen molar-refractivity contribution in [2.24, 2.45) is 0 Å². The Balaban J connectivity index is 1.27. The molecular weight excluding hydrogens is 544 g/mol. The van der Waals surface area contributed by atoms with E-state index in [1.165, 1.54) is 0 Å². The molecule has 0 amide bonds. The van der Waals surface area contributed by atoms with Gasteiger partial charge in [-0.3, -0.25) is 18.3 Å². The maximum atomic E-state index is 13.9. The van der Waals surface area contributed by atoms with Crippen LogP contribution in [0, 0.1) is 0 Å². The SMILES string of the molecule is O=c1n(-c2ccccc2)c2ccccc2n1-c1cccc(-c2cccc(-n3c(=O)n(-c4ccccc4)c4ccccc43)c2)c1. The predicted molar refractivity (Wildman–Crippen MR) is 177 cm³/mol. The Bertz CT molecular complexity index is 2260. The normalized spacial score (nSPS) is 11.4. The summed E-state index contributed by atoms with van der Waals surface area (Å²) in [6.07, 6.45) is 0. The van der Waals surface area contributed by atoms with E-state index >= 15 is 0 Å². The molecule has 2 aromatic heterocycles. The lowest BCUT2D eigenvalue weighted by molar-refractivity contribution is 0.929. The lowest BCUT2D eigenvalue weighted by Gasteiger charge is -2.10. The second-order valence-electron chi connectivity index (χ2n) is 10.7. The number of imidazole rings is 2. The first-order valence-corrected chi connectivity index (χ1v) is 14.5. The summed E-state index contributed by atoms with van der Waals surface area (Å²) in [6, 6.07) is 51.0. The van der Waals surface area contributed by atoms with Crippen LogP contribution in [-0.2, 0) is 0 Å². The van der Waals surface area contributed by atoms with E-state index < -0.39 is 0 Å². The number of fused-ring (bicyclic) bond motifs is 2. The molecule has 8 rings (SSSR count). The van der Waals surface area contributed by atoms with Gasteiger partial charge < -0.3 is 0 Å². The second-order valence-corrected chi connectivity index (χ2v) is 10.7. The highest BCUT2D eigenvalue weighted by molar-refractivity contribution is 5.82. The van der Waals surface area contributed by atoms with Gasteiger partial charge in [0.2, 0.25) is 0 Å². The van der Waals surface area contributed by atoms with Crippen LogP contribution in [0.4, 0.5) is 0 Å². The van der Waals surface area contributed by atoms with Crippen molar-refractivity contribution in [1.82, 2.24) is 18.3 Å². The third kappa shape index (κ3) is 4.04. The Morgan fingerprint density at radius 3 is 0.955 bits per heavy atom. The number of para-hydroxylation sites is 6. The minimum atomic E-state index is -0.136. The van der Waals surface area contributed by atoms with Gasteiger partial charge in [0, 0.05) is 0 Å². The molecule has 0 aliphatic carbocycles. The van der Waals surface area contributed by atoms with E-state index in [2.05, 4.69) is 0 Å². The van der Waals surface area contributed by atoms with Crippen LogP contribution < -0.4 is 11.4 Å². The molecule has 6 aromatic carbocycles. The molecule has 0 fully saturated rings. The fraction of sp³-hybridized carbons (Fsp3) is 0. The molecule has 0 unspecified atom stereocenters. The molecule has 0 spiro atoms. The summed E-state index contributed by atoms with van der Waals surface area (Å²) in [4.78, 5) is 27.9. The molecule has 210 valence electrons. The van der Waals surface area contributed by atoms with E-state index in [9.17, 15) is 9.59 Å². The van der Waals surface area contributed by atoms with Crippen LogP contribution in [0.15, 0.2) is 167 Å². The van der Waals surface area contributed by atoms with E-state index in [-0.39, 0.29) is 11.4 Å². The van der Waals surface area contributed by atoms with Gasteiger partial charge in [0.15, 0.2) is 0 Å². The van der Waals surface area contributed by atoms with Crippen molar-refractivity contribution in [2.45, 2.75) is 0 Å². The number of hydrogen-bond donors (Lipinski definition) is 0. The molecule has 6 nitrogen and oxygen atoms in total. The maximum Gasteiger partial charge on any atom is 0.338 e. The number of nitrogens with zero attached hydrogens (tertiary/aromatic N) is 4. The summed E-state index contributed by atoms with van der Waals surface area (Å²) in [5.74, 6) is 0. The van der Waals surface area contributed by atoms with Crippen molar-refractivity contribution < 1.29 is 0 Å². The number of aromatic nitrogens is 4.